The summed E-state index contributed by atoms with van der Waals surface area (Å²) < 4.78 is 0. The molecule has 1 saturated carbocycles. The highest BCUT2D eigenvalue weighted by Gasteiger charge is 2.25. The zero-order valence-electron chi connectivity index (χ0n) is 10.5. The first-order valence-electron chi connectivity index (χ1n) is 6.30. The zero-order chi connectivity index (χ0) is 13.4. The van der Waals surface area contributed by atoms with E-state index in [9.17, 15) is 0 Å². The molecule has 19 heavy (non-hydrogen) atoms. The van der Waals surface area contributed by atoms with Crippen molar-refractivity contribution < 1.29 is 0 Å². The van der Waals surface area contributed by atoms with Crippen molar-refractivity contribution >= 4 is 34.5 Å². The van der Waals surface area contributed by atoms with E-state index in [-0.39, 0.29) is 0 Å². The Labute approximate surface area is 126 Å². The summed E-state index contributed by atoms with van der Waals surface area (Å²) >= 11 is 14.1. The average molecular weight is 314 g/mol. The quantitative estimate of drug-likeness (QED) is 0.742. The Balaban J connectivity index is 2.02. The number of hydrogen-bond donors (Lipinski definition) is 0. The minimum Gasteiger partial charge on any atom is -0.238 e. The summed E-state index contributed by atoms with van der Waals surface area (Å²) in [7, 11) is 0. The molecular formula is C13H13Cl2N3S. The molecule has 0 saturated heterocycles. The predicted octanol–water partition coefficient (Wildman–Crippen LogP) is 4.87. The van der Waals surface area contributed by atoms with Crippen molar-refractivity contribution in [3.63, 3.8) is 0 Å². The molecule has 1 fully saturated rings. The second kappa shape index (κ2) is 5.35. The van der Waals surface area contributed by atoms with Gasteiger partial charge in [0.2, 0.25) is 0 Å². The molecule has 0 bridgehead atoms. The molecule has 1 aliphatic carbocycles. The smallest absolute Gasteiger partial charge is 0.191 e. The molecule has 0 aromatic carbocycles. The molecule has 0 aliphatic heterocycles. The van der Waals surface area contributed by atoms with Gasteiger partial charge in [0.1, 0.15) is 10.3 Å². The molecule has 0 atom stereocenters. The fraction of sp³-hybridized carbons (Fsp3) is 0.462. The number of aromatic nitrogens is 3. The van der Waals surface area contributed by atoms with Gasteiger partial charge in [0.25, 0.3) is 0 Å². The molecule has 6 heteroatoms. The Hall–Kier alpha value is -0.710. The fourth-order valence-electron chi connectivity index (χ4n) is 2.52. The molecular weight excluding hydrogens is 301 g/mol. The lowest BCUT2D eigenvalue weighted by atomic mass is 10.0. The van der Waals surface area contributed by atoms with Crippen LogP contribution in [0.15, 0.2) is 5.38 Å². The summed E-state index contributed by atoms with van der Waals surface area (Å²) in [6.07, 6.45) is 4.70. The topological polar surface area (TPSA) is 38.7 Å². The standard InChI is InChI=1S/C13H13Cl2N3S/c1-7-6-19-13(16-7)12-17-10(14)9(11(15)18-12)8-4-2-3-5-8/h6,8H,2-5H2,1H3. The number of nitrogens with zero attached hydrogens (tertiary/aromatic N) is 3. The summed E-state index contributed by atoms with van der Waals surface area (Å²) in [5.74, 6) is 0.932. The van der Waals surface area contributed by atoms with E-state index in [1.807, 2.05) is 12.3 Å². The van der Waals surface area contributed by atoms with Gasteiger partial charge >= 0.3 is 0 Å². The first-order valence-corrected chi connectivity index (χ1v) is 7.94. The highest BCUT2D eigenvalue weighted by molar-refractivity contribution is 7.13. The van der Waals surface area contributed by atoms with Crippen molar-refractivity contribution in [2.24, 2.45) is 0 Å². The van der Waals surface area contributed by atoms with Gasteiger partial charge in [-0.05, 0) is 25.7 Å². The van der Waals surface area contributed by atoms with Gasteiger partial charge in [0.15, 0.2) is 10.8 Å². The van der Waals surface area contributed by atoms with E-state index in [1.165, 1.54) is 24.2 Å². The van der Waals surface area contributed by atoms with Gasteiger partial charge in [-0.1, -0.05) is 36.0 Å². The lowest BCUT2D eigenvalue weighted by Crippen LogP contribution is -2.01. The molecule has 2 aromatic heterocycles. The van der Waals surface area contributed by atoms with Crippen LogP contribution in [-0.2, 0) is 0 Å². The SMILES string of the molecule is Cc1csc(-c2nc(Cl)c(C3CCCC3)c(Cl)n2)n1. The minimum absolute atomic E-state index is 0.409. The molecule has 1 aliphatic rings. The van der Waals surface area contributed by atoms with Crippen LogP contribution in [-0.4, -0.2) is 15.0 Å². The van der Waals surface area contributed by atoms with Gasteiger partial charge in [-0.25, -0.2) is 15.0 Å². The minimum atomic E-state index is 0.409. The highest BCUT2D eigenvalue weighted by Crippen LogP contribution is 2.40. The van der Waals surface area contributed by atoms with E-state index in [0.29, 0.717) is 22.0 Å². The van der Waals surface area contributed by atoms with Crippen molar-refractivity contribution in [2.75, 3.05) is 0 Å². The van der Waals surface area contributed by atoms with E-state index in [2.05, 4.69) is 15.0 Å². The Morgan fingerprint density at radius 1 is 1.11 bits per heavy atom. The lowest BCUT2D eigenvalue weighted by molar-refractivity contribution is 0.715. The van der Waals surface area contributed by atoms with Crippen LogP contribution in [0.4, 0.5) is 0 Å². The van der Waals surface area contributed by atoms with Crippen molar-refractivity contribution in [2.45, 2.75) is 38.5 Å². The van der Waals surface area contributed by atoms with Crippen molar-refractivity contribution in [1.82, 2.24) is 15.0 Å². The number of hydrogen-bond acceptors (Lipinski definition) is 4. The van der Waals surface area contributed by atoms with Crippen LogP contribution < -0.4 is 0 Å². The van der Waals surface area contributed by atoms with Crippen LogP contribution in [0.5, 0.6) is 0 Å². The number of rotatable bonds is 2. The van der Waals surface area contributed by atoms with Crippen LogP contribution in [0.2, 0.25) is 10.3 Å². The molecule has 100 valence electrons. The summed E-state index contributed by atoms with van der Waals surface area (Å²) in [6, 6.07) is 0. The van der Waals surface area contributed by atoms with Gasteiger partial charge in [-0.15, -0.1) is 11.3 Å². The van der Waals surface area contributed by atoms with Gasteiger partial charge in [0.05, 0.1) is 0 Å². The maximum absolute atomic E-state index is 6.31. The molecule has 3 rings (SSSR count). The van der Waals surface area contributed by atoms with Crippen molar-refractivity contribution in [3.8, 4) is 10.8 Å². The van der Waals surface area contributed by atoms with Crippen LogP contribution in [0.1, 0.15) is 42.9 Å². The molecule has 0 unspecified atom stereocenters. The van der Waals surface area contributed by atoms with E-state index in [4.69, 9.17) is 23.2 Å². The van der Waals surface area contributed by atoms with Gasteiger partial charge < -0.3 is 0 Å². The van der Waals surface area contributed by atoms with Gasteiger partial charge in [-0.3, -0.25) is 0 Å². The third-order valence-corrected chi connectivity index (χ3v) is 4.96. The average Bonchev–Trinajstić information content (AvgIpc) is 2.99. The van der Waals surface area contributed by atoms with Crippen LogP contribution in [0.25, 0.3) is 10.8 Å². The monoisotopic (exact) mass is 313 g/mol. The molecule has 0 spiro atoms. The predicted molar refractivity (Wildman–Crippen MR) is 79.1 cm³/mol. The Morgan fingerprint density at radius 3 is 2.26 bits per heavy atom. The van der Waals surface area contributed by atoms with Crippen LogP contribution in [0, 0.1) is 6.92 Å². The number of aryl methyl sites for hydroxylation is 1. The number of thiazole rings is 1. The van der Waals surface area contributed by atoms with Gasteiger partial charge in [-0.2, -0.15) is 0 Å². The third-order valence-electron chi connectivity index (χ3n) is 3.43. The summed E-state index contributed by atoms with van der Waals surface area (Å²) in [5, 5.41) is 3.69. The second-order valence-electron chi connectivity index (χ2n) is 4.82. The summed E-state index contributed by atoms with van der Waals surface area (Å²) in [6.45, 7) is 1.94. The molecule has 0 amide bonds. The lowest BCUT2D eigenvalue weighted by Gasteiger charge is -2.13. The van der Waals surface area contributed by atoms with Crippen molar-refractivity contribution in [3.05, 3.63) is 26.9 Å². The summed E-state index contributed by atoms with van der Waals surface area (Å²) in [4.78, 5) is 13.1. The van der Waals surface area contributed by atoms with Crippen LogP contribution in [0.3, 0.4) is 0 Å². The maximum Gasteiger partial charge on any atom is 0.191 e. The highest BCUT2D eigenvalue weighted by atomic mass is 35.5. The van der Waals surface area contributed by atoms with Crippen LogP contribution >= 0.6 is 34.5 Å². The molecule has 2 aromatic rings. The molecule has 0 N–H and O–H groups in total. The Bertz CT molecular complexity index is 583. The Morgan fingerprint density at radius 2 is 1.74 bits per heavy atom. The second-order valence-corrected chi connectivity index (χ2v) is 6.39. The normalized spacial score (nSPS) is 16.2. The van der Waals surface area contributed by atoms with E-state index in [0.717, 1.165) is 29.1 Å². The van der Waals surface area contributed by atoms with E-state index < -0.39 is 0 Å². The maximum atomic E-state index is 6.31. The van der Waals surface area contributed by atoms with E-state index in [1.54, 1.807) is 0 Å². The third kappa shape index (κ3) is 2.62. The van der Waals surface area contributed by atoms with Gasteiger partial charge in [0, 0.05) is 16.6 Å². The van der Waals surface area contributed by atoms with Crippen molar-refractivity contribution in [1.29, 1.82) is 0 Å². The fourth-order valence-corrected chi connectivity index (χ4v) is 3.94. The largest absolute Gasteiger partial charge is 0.238 e. The first kappa shape index (κ1) is 13.3. The number of halogens is 2. The molecule has 2 heterocycles. The zero-order valence-corrected chi connectivity index (χ0v) is 12.8. The molecule has 3 nitrogen and oxygen atoms in total. The summed E-state index contributed by atoms with van der Waals surface area (Å²) in [5.41, 5.74) is 1.87. The van der Waals surface area contributed by atoms with E-state index >= 15 is 0 Å². The Kier molecular flexibility index (Phi) is 3.74. The first-order chi connectivity index (χ1) is 9.15. The molecule has 0 radical (unpaired) electrons.